The van der Waals surface area contributed by atoms with Gasteiger partial charge in [0, 0.05) is 10.5 Å². The van der Waals surface area contributed by atoms with Gasteiger partial charge in [-0.15, -0.1) is 0 Å². The van der Waals surface area contributed by atoms with Gasteiger partial charge in [-0.1, -0.05) is 59.8 Å². The van der Waals surface area contributed by atoms with Crippen LogP contribution < -0.4 is 0 Å². The molecule has 138 valence electrons. The van der Waals surface area contributed by atoms with Crippen molar-refractivity contribution in [3.8, 4) is 0 Å². The maximum Gasteiger partial charge on any atom is 0.184 e. The average Bonchev–Trinajstić information content (AvgIpc) is 2.68. The van der Waals surface area contributed by atoms with Crippen molar-refractivity contribution in [2.75, 3.05) is 6.61 Å². The van der Waals surface area contributed by atoms with Crippen LogP contribution in [0.1, 0.15) is 17.4 Å². The van der Waals surface area contributed by atoms with Crippen LogP contribution in [0.3, 0.4) is 0 Å². The van der Waals surface area contributed by atoms with Crippen molar-refractivity contribution in [3.63, 3.8) is 0 Å². The molecule has 4 rings (SSSR count). The molecule has 0 saturated carbocycles. The molecule has 26 heavy (non-hydrogen) atoms. The van der Waals surface area contributed by atoms with Crippen molar-refractivity contribution in [2.45, 2.75) is 48.0 Å². The molecule has 0 aliphatic carbocycles. The minimum atomic E-state index is -1.04. The molecule has 2 aromatic carbocycles. The van der Waals surface area contributed by atoms with Gasteiger partial charge in [-0.2, -0.15) is 0 Å². The smallest absolute Gasteiger partial charge is 0.184 e. The summed E-state index contributed by atoms with van der Waals surface area (Å²) >= 11 is 1.39. The van der Waals surface area contributed by atoms with Crippen LogP contribution in [0.5, 0.6) is 0 Å². The standard InChI is InChI=1S/C20H22O5S/c1-12-7-9-14(10-8-12)26-20-17(22)16(21)18-15(24-20)11-23-19(25-18)13-5-3-2-4-6-13/h2-10,15-22H,11H2,1H3/t15-,16-,17-,18-,19?,20+/m1/s1. The molecule has 0 radical (unpaired) electrons. The van der Waals surface area contributed by atoms with Crippen molar-refractivity contribution < 1.29 is 24.4 Å². The summed E-state index contributed by atoms with van der Waals surface area (Å²) in [5, 5.41) is 21.1. The average molecular weight is 374 g/mol. The summed E-state index contributed by atoms with van der Waals surface area (Å²) in [4.78, 5) is 0.977. The zero-order valence-corrected chi connectivity index (χ0v) is 15.2. The number of benzene rings is 2. The Labute approximate surface area is 156 Å². The Morgan fingerprint density at radius 1 is 0.923 bits per heavy atom. The molecule has 2 saturated heterocycles. The number of thioether (sulfide) groups is 1. The Balaban J connectivity index is 1.45. The summed E-state index contributed by atoms with van der Waals surface area (Å²) in [5.74, 6) is 0. The van der Waals surface area contributed by atoms with Gasteiger partial charge >= 0.3 is 0 Å². The number of hydrogen-bond donors (Lipinski definition) is 2. The molecule has 0 bridgehead atoms. The molecular weight excluding hydrogens is 352 g/mol. The second-order valence-electron chi connectivity index (χ2n) is 6.63. The lowest BCUT2D eigenvalue weighted by atomic mass is 9.99. The quantitative estimate of drug-likeness (QED) is 0.861. The first-order valence-electron chi connectivity index (χ1n) is 8.69. The third-order valence-electron chi connectivity index (χ3n) is 4.68. The molecule has 2 heterocycles. The molecule has 6 heteroatoms. The lowest BCUT2D eigenvalue weighted by Gasteiger charge is -2.46. The van der Waals surface area contributed by atoms with Crippen molar-refractivity contribution in [2.24, 2.45) is 0 Å². The van der Waals surface area contributed by atoms with Gasteiger partial charge in [0.25, 0.3) is 0 Å². The number of aliphatic hydroxyl groups excluding tert-OH is 2. The predicted molar refractivity (Wildman–Crippen MR) is 97.7 cm³/mol. The highest BCUT2D eigenvalue weighted by Crippen LogP contribution is 2.38. The Bertz CT molecular complexity index is 721. The first-order chi connectivity index (χ1) is 12.6. The van der Waals surface area contributed by atoms with Gasteiger partial charge in [-0.25, -0.2) is 0 Å². The van der Waals surface area contributed by atoms with Gasteiger partial charge in [-0.3, -0.25) is 0 Å². The maximum atomic E-state index is 10.6. The Morgan fingerprint density at radius 2 is 1.65 bits per heavy atom. The second-order valence-corrected chi connectivity index (χ2v) is 7.80. The van der Waals surface area contributed by atoms with E-state index >= 15 is 0 Å². The van der Waals surface area contributed by atoms with Crippen LogP contribution in [0, 0.1) is 6.92 Å². The number of fused-ring (bicyclic) bond motifs is 1. The van der Waals surface area contributed by atoms with E-state index in [2.05, 4.69) is 0 Å². The molecule has 0 amide bonds. The fraction of sp³-hybridized carbons (Fsp3) is 0.400. The van der Waals surface area contributed by atoms with E-state index in [1.165, 1.54) is 17.3 Å². The fourth-order valence-electron chi connectivity index (χ4n) is 3.21. The molecule has 0 aromatic heterocycles. The van der Waals surface area contributed by atoms with Crippen molar-refractivity contribution >= 4 is 11.8 Å². The van der Waals surface area contributed by atoms with Gasteiger partial charge in [0.15, 0.2) is 6.29 Å². The fourth-order valence-corrected chi connectivity index (χ4v) is 4.27. The van der Waals surface area contributed by atoms with E-state index in [1.807, 2.05) is 61.5 Å². The summed E-state index contributed by atoms with van der Waals surface area (Å²) in [6.45, 7) is 2.33. The van der Waals surface area contributed by atoms with E-state index in [0.29, 0.717) is 6.61 Å². The van der Waals surface area contributed by atoms with E-state index in [-0.39, 0.29) is 0 Å². The van der Waals surface area contributed by atoms with Crippen LogP contribution >= 0.6 is 11.8 Å². The highest BCUT2D eigenvalue weighted by molar-refractivity contribution is 7.99. The SMILES string of the molecule is Cc1ccc(S[C@@H]2O[C@@H]3COC(c4ccccc4)O[C@H]3[C@H](O)[C@H]2O)cc1. The maximum absolute atomic E-state index is 10.6. The van der Waals surface area contributed by atoms with Gasteiger partial charge < -0.3 is 24.4 Å². The lowest BCUT2D eigenvalue weighted by molar-refractivity contribution is -0.318. The Hall–Kier alpha value is -1.41. The third-order valence-corrected chi connectivity index (χ3v) is 5.84. The van der Waals surface area contributed by atoms with E-state index in [4.69, 9.17) is 14.2 Å². The van der Waals surface area contributed by atoms with Gasteiger partial charge in [0.05, 0.1) is 6.61 Å². The van der Waals surface area contributed by atoms with E-state index in [0.717, 1.165) is 10.5 Å². The molecule has 6 atom stereocenters. The zero-order valence-electron chi connectivity index (χ0n) is 14.4. The third kappa shape index (κ3) is 3.67. The molecule has 2 N–H and O–H groups in total. The molecule has 5 nitrogen and oxygen atoms in total. The monoisotopic (exact) mass is 374 g/mol. The van der Waals surface area contributed by atoms with Crippen LogP contribution in [0.25, 0.3) is 0 Å². The highest BCUT2D eigenvalue weighted by Gasteiger charge is 2.49. The number of rotatable bonds is 3. The van der Waals surface area contributed by atoms with Crippen molar-refractivity contribution in [1.82, 2.24) is 0 Å². The van der Waals surface area contributed by atoms with Gasteiger partial charge in [0.1, 0.15) is 29.9 Å². The zero-order chi connectivity index (χ0) is 18.1. The summed E-state index contributed by atoms with van der Waals surface area (Å²) in [6.07, 6.45) is -3.69. The first kappa shape index (κ1) is 18.0. The highest BCUT2D eigenvalue weighted by atomic mass is 32.2. The van der Waals surface area contributed by atoms with Crippen LogP contribution in [0.2, 0.25) is 0 Å². The molecule has 2 fully saturated rings. The molecule has 0 spiro atoms. The first-order valence-corrected chi connectivity index (χ1v) is 9.57. The van der Waals surface area contributed by atoms with Crippen LogP contribution in [-0.2, 0) is 14.2 Å². The molecule has 2 aliphatic rings. The minimum absolute atomic E-state index is 0.305. The number of hydrogen-bond acceptors (Lipinski definition) is 6. The van der Waals surface area contributed by atoms with Gasteiger partial charge in [-0.05, 0) is 19.1 Å². The van der Waals surface area contributed by atoms with E-state index < -0.39 is 36.1 Å². The van der Waals surface area contributed by atoms with Crippen LogP contribution in [0.4, 0.5) is 0 Å². The van der Waals surface area contributed by atoms with E-state index in [9.17, 15) is 10.2 Å². The number of ether oxygens (including phenoxy) is 3. The predicted octanol–water partition coefficient (Wildman–Crippen LogP) is 2.65. The molecule has 1 unspecified atom stereocenters. The summed E-state index contributed by atoms with van der Waals surface area (Å²) in [7, 11) is 0. The molecule has 2 aromatic rings. The minimum Gasteiger partial charge on any atom is -0.387 e. The van der Waals surface area contributed by atoms with Crippen molar-refractivity contribution in [1.29, 1.82) is 0 Å². The summed E-state index contributed by atoms with van der Waals surface area (Å²) < 4.78 is 17.7. The Kier molecular flexibility index (Phi) is 5.31. The van der Waals surface area contributed by atoms with Crippen LogP contribution in [-0.4, -0.2) is 46.7 Å². The van der Waals surface area contributed by atoms with Gasteiger partial charge in [0.2, 0.25) is 0 Å². The normalized spacial score (nSPS) is 34.3. The summed E-state index contributed by atoms with van der Waals surface area (Å²) in [5.41, 5.74) is 1.47. The summed E-state index contributed by atoms with van der Waals surface area (Å²) in [6, 6.07) is 17.5. The van der Waals surface area contributed by atoms with Crippen LogP contribution in [0.15, 0.2) is 59.5 Å². The number of aryl methyl sites for hydroxylation is 1. The lowest BCUT2D eigenvalue weighted by Crippen LogP contribution is -2.60. The largest absolute Gasteiger partial charge is 0.387 e. The van der Waals surface area contributed by atoms with E-state index in [1.54, 1.807) is 0 Å². The molecule has 2 aliphatic heterocycles. The number of aliphatic hydroxyl groups is 2. The second kappa shape index (κ2) is 7.68. The van der Waals surface area contributed by atoms with Crippen molar-refractivity contribution in [3.05, 3.63) is 65.7 Å². The Morgan fingerprint density at radius 3 is 2.38 bits per heavy atom. The topological polar surface area (TPSA) is 68.2 Å². The molecular formula is C20H22O5S.